The van der Waals surface area contributed by atoms with Gasteiger partial charge in [0.1, 0.15) is 0 Å². The lowest BCUT2D eigenvalue weighted by Gasteiger charge is -2.08. The first-order valence-electron chi connectivity index (χ1n) is 5.63. The van der Waals surface area contributed by atoms with Crippen molar-refractivity contribution in [2.24, 2.45) is 0 Å². The van der Waals surface area contributed by atoms with Gasteiger partial charge in [0.25, 0.3) is 0 Å². The van der Waals surface area contributed by atoms with Crippen LogP contribution in [0.3, 0.4) is 0 Å². The molecule has 1 amide bonds. The topological polar surface area (TPSA) is 29.1 Å². The SMILES string of the molecule is C#CCCCCC(=O)Nc1cccc(C)c1Br. The van der Waals surface area contributed by atoms with Gasteiger partial charge in [-0.3, -0.25) is 4.79 Å². The molecule has 0 radical (unpaired) electrons. The normalized spacial score (nSPS) is 9.71. The van der Waals surface area contributed by atoms with Crippen LogP contribution >= 0.6 is 15.9 Å². The molecule has 0 heterocycles. The fraction of sp³-hybridized carbons (Fsp3) is 0.357. The van der Waals surface area contributed by atoms with E-state index in [1.54, 1.807) is 0 Å². The summed E-state index contributed by atoms with van der Waals surface area (Å²) in [5, 5.41) is 2.89. The second-order valence-corrected chi connectivity index (χ2v) is 4.69. The van der Waals surface area contributed by atoms with Crippen molar-refractivity contribution in [1.82, 2.24) is 0 Å². The van der Waals surface area contributed by atoms with Gasteiger partial charge in [-0.15, -0.1) is 12.3 Å². The van der Waals surface area contributed by atoms with Gasteiger partial charge in [-0.05, 0) is 47.3 Å². The average Bonchev–Trinajstić information content (AvgIpc) is 2.31. The third kappa shape index (κ3) is 4.62. The maximum atomic E-state index is 11.7. The lowest BCUT2D eigenvalue weighted by molar-refractivity contribution is -0.116. The van der Waals surface area contributed by atoms with Gasteiger partial charge in [-0.2, -0.15) is 0 Å². The molecular weight excluding hydrogens is 278 g/mol. The molecule has 0 aliphatic carbocycles. The lowest BCUT2D eigenvalue weighted by atomic mass is 10.2. The first-order chi connectivity index (χ1) is 8.15. The summed E-state index contributed by atoms with van der Waals surface area (Å²) in [6, 6.07) is 5.80. The van der Waals surface area contributed by atoms with Gasteiger partial charge in [-0.1, -0.05) is 12.1 Å². The molecular formula is C14H16BrNO. The molecule has 1 rings (SSSR count). The van der Waals surface area contributed by atoms with E-state index >= 15 is 0 Å². The van der Waals surface area contributed by atoms with Crippen molar-refractivity contribution in [2.45, 2.75) is 32.6 Å². The van der Waals surface area contributed by atoms with Crippen LogP contribution in [0.5, 0.6) is 0 Å². The highest BCUT2D eigenvalue weighted by atomic mass is 79.9. The van der Waals surface area contributed by atoms with Gasteiger partial charge < -0.3 is 5.32 Å². The molecule has 90 valence electrons. The first-order valence-corrected chi connectivity index (χ1v) is 6.43. The third-order valence-electron chi connectivity index (χ3n) is 2.44. The summed E-state index contributed by atoms with van der Waals surface area (Å²) >= 11 is 3.46. The van der Waals surface area contributed by atoms with Crippen LogP contribution < -0.4 is 5.32 Å². The molecule has 2 nitrogen and oxygen atoms in total. The van der Waals surface area contributed by atoms with E-state index in [1.807, 2.05) is 25.1 Å². The molecule has 1 aromatic carbocycles. The molecule has 0 spiro atoms. The van der Waals surface area contributed by atoms with Crippen LogP contribution in [0, 0.1) is 19.3 Å². The van der Waals surface area contributed by atoms with Crippen LogP contribution in [0.15, 0.2) is 22.7 Å². The fourth-order valence-electron chi connectivity index (χ4n) is 1.47. The molecule has 1 N–H and O–H groups in total. The number of nitrogens with one attached hydrogen (secondary N) is 1. The molecule has 0 saturated carbocycles. The number of anilines is 1. The third-order valence-corrected chi connectivity index (χ3v) is 3.49. The number of amides is 1. The van der Waals surface area contributed by atoms with E-state index in [-0.39, 0.29) is 5.91 Å². The standard InChI is InChI=1S/C14H16BrNO/c1-3-4-5-6-10-13(17)16-12-9-7-8-11(2)14(12)15/h1,7-9H,4-6,10H2,2H3,(H,16,17). The number of unbranched alkanes of at least 4 members (excludes halogenated alkanes) is 2. The van der Waals surface area contributed by atoms with Crippen molar-refractivity contribution < 1.29 is 4.79 Å². The molecule has 0 atom stereocenters. The van der Waals surface area contributed by atoms with E-state index < -0.39 is 0 Å². The predicted molar refractivity (Wildman–Crippen MR) is 74.8 cm³/mol. The van der Waals surface area contributed by atoms with Crippen LogP contribution in [0.1, 0.15) is 31.2 Å². The quantitative estimate of drug-likeness (QED) is 0.648. The van der Waals surface area contributed by atoms with Gasteiger partial charge in [0, 0.05) is 17.3 Å². The number of hydrogen-bond acceptors (Lipinski definition) is 1. The molecule has 0 aliphatic rings. The molecule has 17 heavy (non-hydrogen) atoms. The maximum absolute atomic E-state index is 11.7. The molecule has 0 unspecified atom stereocenters. The zero-order valence-electron chi connectivity index (χ0n) is 9.92. The number of carbonyl (C=O) groups excluding carboxylic acids is 1. The van der Waals surface area contributed by atoms with Crippen molar-refractivity contribution in [3.05, 3.63) is 28.2 Å². The highest BCUT2D eigenvalue weighted by Gasteiger charge is 2.06. The first kappa shape index (κ1) is 13.8. The monoisotopic (exact) mass is 293 g/mol. The Kier molecular flexibility index (Phi) is 5.79. The van der Waals surface area contributed by atoms with Crippen LogP contribution in [0.2, 0.25) is 0 Å². The molecule has 0 aliphatic heterocycles. The Balaban J connectivity index is 2.46. The molecule has 0 saturated heterocycles. The fourth-order valence-corrected chi connectivity index (χ4v) is 1.83. The lowest BCUT2D eigenvalue weighted by Crippen LogP contribution is -2.11. The van der Waals surface area contributed by atoms with Crippen molar-refractivity contribution >= 4 is 27.5 Å². The van der Waals surface area contributed by atoms with Crippen LogP contribution in [-0.2, 0) is 4.79 Å². The van der Waals surface area contributed by atoms with Gasteiger partial charge >= 0.3 is 0 Å². The smallest absolute Gasteiger partial charge is 0.224 e. The zero-order valence-corrected chi connectivity index (χ0v) is 11.5. The second-order valence-electron chi connectivity index (χ2n) is 3.90. The summed E-state index contributed by atoms with van der Waals surface area (Å²) < 4.78 is 0.942. The number of terminal acetylenes is 1. The number of halogens is 1. The van der Waals surface area contributed by atoms with Crippen LogP contribution in [-0.4, -0.2) is 5.91 Å². The minimum Gasteiger partial charge on any atom is -0.325 e. The molecule has 1 aromatic rings. The Morgan fingerprint density at radius 3 is 2.94 bits per heavy atom. The minimum atomic E-state index is 0.0355. The number of benzene rings is 1. The summed E-state index contributed by atoms with van der Waals surface area (Å²) in [5.41, 5.74) is 1.93. The maximum Gasteiger partial charge on any atom is 0.224 e. The summed E-state index contributed by atoms with van der Waals surface area (Å²) in [4.78, 5) is 11.7. The van der Waals surface area contributed by atoms with E-state index in [0.717, 1.165) is 35.0 Å². The van der Waals surface area contributed by atoms with Crippen LogP contribution in [0.25, 0.3) is 0 Å². The Labute approximate surface area is 111 Å². The summed E-state index contributed by atoms with van der Waals surface area (Å²) in [5.74, 6) is 2.60. The zero-order chi connectivity index (χ0) is 12.7. The largest absolute Gasteiger partial charge is 0.325 e. The molecule has 0 bridgehead atoms. The van der Waals surface area contributed by atoms with Crippen LogP contribution in [0.4, 0.5) is 5.69 Å². The average molecular weight is 294 g/mol. The van der Waals surface area contributed by atoms with E-state index in [0.29, 0.717) is 6.42 Å². The predicted octanol–water partition coefficient (Wildman–Crippen LogP) is 3.89. The Morgan fingerprint density at radius 1 is 1.47 bits per heavy atom. The molecule has 3 heteroatoms. The Bertz CT molecular complexity index is 434. The minimum absolute atomic E-state index is 0.0355. The van der Waals surface area contributed by atoms with Crippen molar-refractivity contribution in [3.8, 4) is 12.3 Å². The molecule has 0 aromatic heterocycles. The van der Waals surface area contributed by atoms with Gasteiger partial charge in [0.15, 0.2) is 0 Å². The highest BCUT2D eigenvalue weighted by molar-refractivity contribution is 9.10. The Morgan fingerprint density at radius 2 is 2.24 bits per heavy atom. The van der Waals surface area contributed by atoms with E-state index in [4.69, 9.17) is 6.42 Å². The summed E-state index contributed by atoms with van der Waals surface area (Å²) in [6.45, 7) is 1.99. The highest BCUT2D eigenvalue weighted by Crippen LogP contribution is 2.25. The van der Waals surface area contributed by atoms with Crippen molar-refractivity contribution in [1.29, 1.82) is 0 Å². The van der Waals surface area contributed by atoms with Crippen molar-refractivity contribution in [2.75, 3.05) is 5.32 Å². The number of hydrogen-bond donors (Lipinski definition) is 1. The van der Waals surface area contributed by atoms with E-state index in [9.17, 15) is 4.79 Å². The number of rotatable bonds is 5. The van der Waals surface area contributed by atoms with Gasteiger partial charge in [0.05, 0.1) is 5.69 Å². The van der Waals surface area contributed by atoms with Crippen molar-refractivity contribution in [3.63, 3.8) is 0 Å². The Hall–Kier alpha value is -1.27. The number of aryl methyl sites for hydroxylation is 1. The summed E-state index contributed by atoms with van der Waals surface area (Å²) in [7, 11) is 0. The molecule has 0 fully saturated rings. The van der Waals surface area contributed by atoms with E-state index in [2.05, 4.69) is 27.2 Å². The summed E-state index contributed by atoms with van der Waals surface area (Å²) in [6.07, 6.45) is 8.14. The number of carbonyl (C=O) groups is 1. The van der Waals surface area contributed by atoms with Gasteiger partial charge in [-0.25, -0.2) is 0 Å². The van der Waals surface area contributed by atoms with Gasteiger partial charge in [0.2, 0.25) is 5.91 Å². The van der Waals surface area contributed by atoms with E-state index in [1.165, 1.54) is 0 Å². The second kappa shape index (κ2) is 7.13.